The molecule has 1 aromatic heterocycles. The number of carbonyl (C=O) groups excluding carboxylic acids is 1. The van der Waals surface area contributed by atoms with Crippen LogP contribution in [-0.2, 0) is 4.79 Å². The first-order chi connectivity index (χ1) is 11.5. The van der Waals surface area contributed by atoms with Crippen LogP contribution in [0.1, 0.15) is 11.1 Å². The third-order valence-corrected chi connectivity index (χ3v) is 3.95. The molecule has 124 valence electrons. The molecule has 0 spiro atoms. The normalized spacial score (nSPS) is 12.3. The molecule has 0 bridgehead atoms. The largest absolute Gasteiger partial charge is 0.394 e. The number of fused-ring (bicyclic) bond motifs is 1. The molecule has 1 heterocycles. The zero-order valence-corrected chi connectivity index (χ0v) is 13.7. The maximum absolute atomic E-state index is 12.0. The Morgan fingerprint density at radius 3 is 2.83 bits per heavy atom. The molecule has 24 heavy (non-hydrogen) atoms. The van der Waals surface area contributed by atoms with Gasteiger partial charge in [-0.3, -0.25) is 4.79 Å². The third-order valence-electron chi connectivity index (χ3n) is 3.95. The van der Waals surface area contributed by atoms with E-state index < -0.39 is 18.6 Å². The number of aliphatic hydroxyl groups excluding tert-OH is 1. The number of nitrogens with two attached hydrogens (primary N) is 1. The Morgan fingerprint density at radius 2 is 2.12 bits per heavy atom. The van der Waals surface area contributed by atoms with Crippen LogP contribution in [-0.4, -0.2) is 33.4 Å². The van der Waals surface area contributed by atoms with E-state index in [1.807, 2.05) is 54.9 Å². The maximum Gasteiger partial charge on any atom is 0.243 e. The summed E-state index contributed by atoms with van der Waals surface area (Å²) in [5.41, 5.74) is 10.1. The lowest BCUT2D eigenvalue weighted by Gasteiger charge is -2.13. The molecule has 6 heteroatoms. The molecule has 0 unspecified atom stereocenters. The summed E-state index contributed by atoms with van der Waals surface area (Å²) in [6, 6.07) is 10.9. The van der Waals surface area contributed by atoms with E-state index in [0.717, 1.165) is 27.7 Å². The van der Waals surface area contributed by atoms with Gasteiger partial charge in [0.1, 0.15) is 6.04 Å². The second-order valence-corrected chi connectivity index (χ2v) is 5.90. The predicted octanol–water partition coefficient (Wildman–Crippen LogP) is 1.90. The molecule has 0 radical (unpaired) electrons. The van der Waals surface area contributed by atoms with Crippen molar-refractivity contribution < 1.29 is 9.90 Å². The first-order valence-electron chi connectivity index (χ1n) is 7.72. The van der Waals surface area contributed by atoms with Crippen LogP contribution in [0.15, 0.2) is 42.6 Å². The lowest BCUT2D eigenvalue weighted by Crippen LogP contribution is -2.38. The lowest BCUT2D eigenvalue weighted by molar-refractivity contribution is -0.118. The van der Waals surface area contributed by atoms with Crippen molar-refractivity contribution in [2.75, 3.05) is 11.9 Å². The van der Waals surface area contributed by atoms with E-state index in [1.54, 1.807) is 6.20 Å². The van der Waals surface area contributed by atoms with Gasteiger partial charge in [0.05, 0.1) is 24.0 Å². The van der Waals surface area contributed by atoms with Gasteiger partial charge in [0.2, 0.25) is 5.91 Å². The molecule has 4 N–H and O–H groups in total. The second kappa shape index (κ2) is 6.43. The van der Waals surface area contributed by atoms with Crippen LogP contribution in [0.3, 0.4) is 0 Å². The van der Waals surface area contributed by atoms with Crippen molar-refractivity contribution in [2.24, 2.45) is 5.73 Å². The molecule has 6 nitrogen and oxygen atoms in total. The van der Waals surface area contributed by atoms with Crippen LogP contribution < -0.4 is 11.1 Å². The summed E-state index contributed by atoms with van der Waals surface area (Å²) in [5.74, 6) is -0.415. The van der Waals surface area contributed by atoms with Crippen LogP contribution in [0, 0.1) is 13.8 Å². The van der Waals surface area contributed by atoms with Gasteiger partial charge in [-0.2, -0.15) is 5.10 Å². The average molecular weight is 324 g/mol. The van der Waals surface area contributed by atoms with Gasteiger partial charge in [0.15, 0.2) is 0 Å². The van der Waals surface area contributed by atoms with Crippen LogP contribution in [0.25, 0.3) is 16.6 Å². The molecule has 0 aliphatic heterocycles. The highest BCUT2D eigenvalue weighted by Crippen LogP contribution is 2.26. The van der Waals surface area contributed by atoms with Gasteiger partial charge in [-0.25, -0.2) is 4.68 Å². The minimum atomic E-state index is -0.943. The van der Waals surface area contributed by atoms with Crippen molar-refractivity contribution in [2.45, 2.75) is 19.9 Å². The van der Waals surface area contributed by atoms with Gasteiger partial charge in [-0.05, 0) is 49.2 Å². The third kappa shape index (κ3) is 3.02. The number of hydrogen-bond acceptors (Lipinski definition) is 4. The minimum absolute atomic E-state index is 0.394. The minimum Gasteiger partial charge on any atom is -0.394 e. The van der Waals surface area contributed by atoms with E-state index in [4.69, 9.17) is 10.8 Å². The average Bonchev–Trinajstić information content (AvgIpc) is 2.97. The number of aliphatic hydroxyl groups is 1. The Balaban J connectivity index is 2.05. The fourth-order valence-corrected chi connectivity index (χ4v) is 2.60. The summed E-state index contributed by atoms with van der Waals surface area (Å²) in [4.78, 5) is 12.0. The van der Waals surface area contributed by atoms with E-state index in [-0.39, 0.29) is 0 Å². The zero-order chi connectivity index (χ0) is 17.3. The maximum atomic E-state index is 12.0. The smallest absolute Gasteiger partial charge is 0.243 e. The van der Waals surface area contributed by atoms with Crippen molar-refractivity contribution in [1.29, 1.82) is 0 Å². The van der Waals surface area contributed by atoms with Crippen LogP contribution in [0.2, 0.25) is 0 Å². The molecule has 1 atom stereocenters. The van der Waals surface area contributed by atoms with Gasteiger partial charge < -0.3 is 16.2 Å². The Kier molecular flexibility index (Phi) is 4.33. The van der Waals surface area contributed by atoms with Crippen LogP contribution >= 0.6 is 0 Å². The number of nitrogens with one attached hydrogen (secondary N) is 1. The van der Waals surface area contributed by atoms with Gasteiger partial charge in [0.25, 0.3) is 0 Å². The van der Waals surface area contributed by atoms with Gasteiger partial charge in [0, 0.05) is 11.1 Å². The number of nitrogens with zero attached hydrogens (tertiary/aromatic N) is 2. The molecule has 2 aromatic carbocycles. The Labute approximate surface area is 139 Å². The fourth-order valence-electron chi connectivity index (χ4n) is 2.60. The molecule has 0 saturated carbocycles. The summed E-state index contributed by atoms with van der Waals surface area (Å²) in [6.07, 6.45) is 1.80. The van der Waals surface area contributed by atoms with Crippen LogP contribution in [0.4, 0.5) is 5.69 Å². The number of amides is 1. The number of carbonyl (C=O) groups is 1. The van der Waals surface area contributed by atoms with Gasteiger partial charge in [-0.15, -0.1) is 0 Å². The van der Waals surface area contributed by atoms with E-state index in [2.05, 4.69) is 10.4 Å². The van der Waals surface area contributed by atoms with Crippen molar-refractivity contribution in [3.8, 4) is 5.69 Å². The lowest BCUT2D eigenvalue weighted by atomic mass is 10.1. The number of aromatic nitrogens is 2. The summed E-state index contributed by atoms with van der Waals surface area (Å²) in [7, 11) is 0. The fraction of sp³-hybridized carbons (Fsp3) is 0.222. The molecular formula is C18H20N4O2. The highest BCUT2D eigenvalue weighted by Gasteiger charge is 2.15. The highest BCUT2D eigenvalue weighted by atomic mass is 16.3. The quantitative estimate of drug-likeness (QED) is 0.683. The summed E-state index contributed by atoms with van der Waals surface area (Å²) >= 11 is 0. The van der Waals surface area contributed by atoms with Crippen LogP contribution in [0.5, 0.6) is 0 Å². The first-order valence-corrected chi connectivity index (χ1v) is 7.72. The van der Waals surface area contributed by atoms with Crippen molar-refractivity contribution >= 4 is 22.5 Å². The van der Waals surface area contributed by atoms with Crippen molar-refractivity contribution in [1.82, 2.24) is 9.78 Å². The van der Waals surface area contributed by atoms with Crippen molar-refractivity contribution in [3.05, 3.63) is 53.7 Å². The molecule has 0 aliphatic rings. The summed E-state index contributed by atoms with van der Waals surface area (Å²) in [5, 5.41) is 17.2. The molecule has 0 saturated heterocycles. The molecular weight excluding hydrogens is 304 g/mol. The number of hydrogen-bond donors (Lipinski definition) is 3. The molecule has 0 aliphatic carbocycles. The SMILES string of the molecule is Cc1cccc(-n2ncc3cc(C)c(NC(=O)[C@@H](N)CO)cc32)c1. The van der Waals surface area contributed by atoms with E-state index in [1.165, 1.54) is 0 Å². The zero-order valence-electron chi connectivity index (χ0n) is 13.7. The van der Waals surface area contributed by atoms with E-state index in [9.17, 15) is 4.79 Å². The standard InChI is InChI=1S/C18H20N4O2/c1-11-4-3-5-14(6-11)22-17-8-16(21-18(24)15(19)10-23)12(2)7-13(17)9-20-22/h3-9,15,23H,10,19H2,1-2H3,(H,21,24)/t15-/m0/s1. The number of aryl methyl sites for hydroxylation is 2. The Bertz CT molecular complexity index is 901. The van der Waals surface area contributed by atoms with Gasteiger partial charge >= 0.3 is 0 Å². The van der Waals surface area contributed by atoms with Gasteiger partial charge in [-0.1, -0.05) is 12.1 Å². The molecule has 0 fully saturated rings. The highest BCUT2D eigenvalue weighted by molar-refractivity contribution is 5.97. The summed E-state index contributed by atoms with van der Waals surface area (Å²) in [6.45, 7) is 3.54. The van der Waals surface area contributed by atoms with E-state index in [0.29, 0.717) is 5.69 Å². The number of benzene rings is 2. The number of anilines is 1. The first kappa shape index (κ1) is 16.2. The molecule has 3 aromatic rings. The summed E-state index contributed by atoms with van der Waals surface area (Å²) < 4.78 is 1.84. The molecule has 3 rings (SSSR count). The predicted molar refractivity (Wildman–Crippen MR) is 94.2 cm³/mol. The van der Waals surface area contributed by atoms with E-state index >= 15 is 0 Å². The Hall–Kier alpha value is -2.70. The number of rotatable bonds is 4. The Morgan fingerprint density at radius 1 is 1.33 bits per heavy atom. The topological polar surface area (TPSA) is 93.2 Å². The van der Waals surface area contributed by atoms with Crippen molar-refractivity contribution in [3.63, 3.8) is 0 Å². The molecule has 1 amide bonds. The monoisotopic (exact) mass is 324 g/mol. The second-order valence-electron chi connectivity index (χ2n) is 5.90.